The van der Waals surface area contributed by atoms with Crippen molar-refractivity contribution in [3.63, 3.8) is 0 Å². The maximum atomic E-state index is 13.1. The summed E-state index contributed by atoms with van der Waals surface area (Å²) in [5, 5.41) is 0. The monoisotopic (exact) mass is 234 g/mol. The summed E-state index contributed by atoms with van der Waals surface area (Å²) in [6.45, 7) is 0. The zero-order valence-electron chi connectivity index (χ0n) is 7.67. The first-order valence-electron chi connectivity index (χ1n) is 4.43. The summed E-state index contributed by atoms with van der Waals surface area (Å²) in [5.41, 5.74) is 0. The fourth-order valence-corrected chi connectivity index (χ4v) is 2.18. The number of benzene rings is 1. The lowest BCUT2D eigenvalue weighted by molar-refractivity contribution is 0.577. The highest BCUT2D eigenvalue weighted by Gasteiger charge is 2.03. The van der Waals surface area contributed by atoms with Gasteiger partial charge in [0.15, 0.2) is 0 Å². The molecule has 0 spiro atoms. The predicted molar refractivity (Wildman–Crippen MR) is 60.2 cm³/mol. The molecule has 0 unspecified atom stereocenters. The van der Waals surface area contributed by atoms with Gasteiger partial charge in [0.1, 0.15) is 11.6 Å². The highest BCUT2D eigenvalue weighted by Crippen LogP contribution is 2.23. The molecule has 0 aliphatic heterocycles. The predicted octanol–water partition coefficient (Wildman–Crippen LogP) is 3.77. The molecular weight excluding hydrogens is 222 g/mol. The Morgan fingerprint density at radius 3 is 2.71 bits per heavy atom. The van der Waals surface area contributed by atoms with E-state index < -0.39 is 0 Å². The molecule has 0 bridgehead atoms. The lowest BCUT2D eigenvalue weighted by Crippen LogP contribution is -1.86. The second kappa shape index (κ2) is 6.30. The van der Waals surface area contributed by atoms with E-state index in [0.29, 0.717) is 4.90 Å². The van der Waals surface area contributed by atoms with Crippen LogP contribution in [0.3, 0.4) is 0 Å². The van der Waals surface area contributed by atoms with Crippen LogP contribution in [0, 0.1) is 11.6 Å². The number of thiol groups is 1. The Hall–Kier alpha value is -0.220. The fraction of sp³-hybridized carbons (Fsp3) is 0.400. The van der Waals surface area contributed by atoms with Gasteiger partial charge >= 0.3 is 0 Å². The van der Waals surface area contributed by atoms with Gasteiger partial charge in [-0.2, -0.15) is 12.6 Å². The smallest absolute Gasteiger partial charge is 0.136 e. The molecule has 0 aliphatic rings. The van der Waals surface area contributed by atoms with Gasteiger partial charge in [0.2, 0.25) is 0 Å². The Labute approximate surface area is 92.5 Å². The highest BCUT2D eigenvalue weighted by atomic mass is 32.2. The highest BCUT2D eigenvalue weighted by molar-refractivity contribution is 7.99. The summed E-state index contributed by atoms with van der Waals surface area (Å²) >= 11 is 5.43. The van der Waals surface area contributed by atoms with Crippen molar-refractivity contribution in [2.45, 2.75) is 17.7 Å². The van der Waals surface area contributed by atoms with Gasteiger partial charge in [-0.05, 0) is 42.5 Å². The van der Waals surface area contributed by atoms with Crippen molar-refractivity contribution in [2.24, 2.45) is 0 Å². The standard InChI is InChI=1S/C10H12F2S2/c11-8-3-4-9(12)10(7-8)14-6-2-1-5-13/h3-4,7,13H,1-2,5-6H2. The van der Waals surface area contributed by atoms with Crippen molar-refractivity contribution >= 4 is 24.4 Å². The minimum absolute atomic E-state index is 0.345. The number of thioether (sulfide) groups is 1. The van der Waals surface area contributed by atoms with Crippen LogP contribution in [0.15, 0.2) is 23.1 Å². The summed E-state index contributed by atoms with van der Waals surface area (Å²) in [6.07, 6.45) is 1.98. The molecule has 0 nitrogen and oxygen atoms in total. The number of halogens is 2. The number of hydrogen-bond donors (Lipinski definition) is 1. The van der Waals surface area contributed by atoms with Crippen molar-refractivity contribution in [1.82, 2.24) is 0 Å². The molecule has 0 saturated carbocycles. The zero-order chi connectivity index (χ0) is 10.4. The molecule has 0 radical (unpaired) electrons. The van der Waals surface area contributed by atoms with Crippen LogP contribution in [-0.2, 0) is 0 Å². The third-order valence-electron chi connectivity index (χ3n) is 1.70. The largest absolute Gasteiger partial charge is 0.207 e. The molecule has 0 amide bonds. The van der Waals surface area contributed by atoms with Gasteiger partial charge in [-0.25, -0.2) is 8.78 Å². The molecule has 4 heteroatoms. The topological polar surface area (TPSA) is 0 Å². The third-order valence-corrected chi connectivity index (χ3v) is 3.14. The van der Waals surface area contributed by atoms with Gasteiger partial charge in [0.25, 0.3) is 0 Å². The van der Waals surface area contributed by atoms with E-state index in [4.69, 9.17) is 0 Å². The van der Waals surface area contributed by atoms with Crippen LogP contribution >= 0.6 is 24.4 Å². The minimum atomic E-state index is -0.386. The van der Waals surface area contributed by atoms with Crippen LogP contribution in [0.25, 0.3) is 0 Å². The Kier molecular flexibility index (Phi) is 5.33. The maximum absolute atomic E-state index is 13.1. The van der Waals surface area contributed by atoms with Gasteiger partial charge in [-0.3, -0.25) is 0 Å². The van der Waals surface area contributed by atoms with Crippen molar-refractivity contribution in [1.29, 1.82) is 0 Å². The molecular formula is C10H12F2S2. The third kappa shape index (κ3) is 3.88. The molecule has 1 aromatic rings. The normalized spacial score (nSPS) is 10.5. The molecule has 14 heavy (non-hydrogen) atoms. The summed E-state index contributed by atoms with van der Waals surface area (Å²) in [4.78, 5) is 0.393. The number of rotatable bonds is 5. The van der Waals surface area contributed by atoms with Crippen molar-refractivity contribution in [3.05, 3.63) is 29.8 Å². The lowest BCUT2D eigenvalue weighted by Gasteiger charge is -2.02. The summed E-state index contributed by atoms with van der Waals surface area (Å²) < 4.78 is 25.8. The second-order valence-corrected chi connectivity index (χ2v) is 4.44. The van der Waals surface area contributed by atoms with E-state index in [0.717, 1.165) is 36.5 Å². The van der Waals surface area contributed by atoms with Gasteiger partial charge in [-0.15, -0.1) is 11.8 Å². The molecule has 0 saturated heterocycles. The maximum Gasteiger partial charge on any atom is 0.136 e. The molecule has 0 N–H and O–H groups in total. The Morgan fingerprint density at radius 2 is 2.00 bits per heavy atom. The Balaban J connectivity index is 2.45. The van der Waals surface area contributed by atoms with E-state index in [2.05, 4.69) is 12.6 Å². The first-order chi connectivity index (χ1) is 6.74. The van der Waals surface area contributed by atoms with Crippen LogP contribution in [-0.4, -0.2) is 11.5 Å². The SMILES string of the molecule is Fc1ccc(F)c(SCCCCS)c1. The molecule has 78 valence electrons. The quantitative estimate of drug-likeness (QED) is 0.460. The van der Waals surface area contributed by atoms with E-state index in [1.54, 1.807) is 0 Å². The van der Waals surface area contributed by atoms with Crippen LogP contribution < -0.4 is 0 Å². The lowest BCUT2D eigenvalue weighted by atomic mass is 10.3. The molecule has 0 atom stereocenters. The van der Waals surface area contributed by atoms with Crippen LogP contribution in [0.4, 0.5) is 8.78 Å². The fourth-order valence-electron chi connectivity index (χ4n) is 0.984. The summed E-state index contributed by atoms with van der Waals surface area (Å²) in [6, 6.07) is 3.53. The molecule has 0 aliphatic carbocycles. The zero-order valence-corrected chi connectivity index (χ0v) is 9.38. The minimum Gasteiger partial charge on any atom is -0.207 e. The van der Waals surface area contributed by atoms with Gasteiger partial charge < -0.3 is 0 Å². The van der Waals surface area contributed by atoms with Crippen LogP contribution in [0.5, 0.6) is 0 Å². The van der Waals surface area contributed by atoms with Gasteiger partial charge in [0, 0.05) is 4.90 Å². The second-order valence-electron chi connectivity index (χ2n) is 2.85. The van der Waals surface area contributed by atoms with Crippen molar-refractivity contribution in [2.75, 3.05) is 11.5 Å². The molecule has 0 fully saturated rings. The van der Waals surface area contributed by atoms with Gasteiger partial charge in [-0.1, -0.05) is 0 Å². The average Bonchev–Trinajstić information content (AvgIpc) is 2.18. The van der Waals surface area contributed by atoms with E-state index in [9.17, 15) is 8.78 Å². The first kappa shape index (κ1) is 11.9. The summed E-state index contributed by atoms with van der Waals surface area (Å²) in [7, 11) is 0. The summed E-state index contributed by atoms with van der Waals surface area (Å²) in [5.74, 6) is 0.915. The molecule has 1 rings (SSSR count). The number of unbranched alkanes of at least 4 members (excludes halogenated alkanes) is 1. The van der Waals surface area contributed by atoms with E-state index >= 15 is 0 Å². The van der Waals surface area contributed by atoms with E-state index in [-0.39, 0.29) is 11.6 Å². The van der Waals surface area contributed by atoms with E-state index in [1.165, 1.54) is 17.8 Å². The first-order valence-corrected chi connectivity index (χ1v) is 6.04. The molecule has 0 heterocycles. The average molecular weight is 234 g/mol. The molecule has 1 aromatic carbocycles. The van der Waals surface area contributed by atoms with E-state index in [1.807, 2.05) is 0 Å². The Morgan fingerprint density at radius 1 is 1.21 bits per heavy atom. The van der Waals surface area contributed by atoms with Crippen LogP contribution in [0.1, 0.15) is 12.8 Å². The van der Waals surface area contributed by atoms with Crippen LogP contribution in [0.2, 0.25) is 0 Å². The molecule has 0 aromatic heterocycles. The van der Waals surface area contributed by atoms with Gasteiger partial charge in [0.05, 0.1) is 0 Å². The van der Waals surface area contributed by atoms with Crippen molar-refractivity contribution in [3.8, 4) is 0 Å². The number of hydrogen-bond acceptors (Lipinski definition) is 2. The van der Waals surface area contributed by atoms with Crippen molar-refractivity contribution < 1.29 is 8.78 Å². The Bertz CT molecular complexity index is 289.